The van der Waals surface area contributed by atoms with Gasteiger partial charge in [0.25, 0.3) is 0 Å². The second kappa shape index (κ2) is 3.70. The predicted molar refractivity (Wildman–Crippen MR) is 52.3 cm³/mol. The van der Waals surface area contributed by atoms with E-state index >= 15 is 0 Å². The Bertz CT molecular complexity index is 255. The normalized spacial score (nSPS) is 10.5. The van der Waals surface area contributed by atoms with Crippen LogP contribution in [0.5, 0.6) is 0 Å². The Morgan fingerprint density at radius 3 is 2.36 bits per heavy atom. The van der Waals surface area contributed by atoms with Gasteiger partial charge in [-0.3, -0.25) is 0 Å². The van der Waals surface area contributed by atoms with Gasteiger partial charge in [0, 0.05) is 20.8 Å². The first-order chi connectivity index (χ1) is 5.16. The molecule has 1 aromatic heterocycles. The molecule has 0 spiro atoms. The maximum Gasteiger partial charge on any atom is 0.0472 e. The number of aryl methyl sites for hydroxylation is 2. The van der Waals surface area contributed by atoms with Crippen molar-refractivity contribution in [2.75, 3.05) is 6.61 Å². The molecule has 3 heteroatoms. The van der Waals surface area contributed by atoms with Crippen LogP contribution < -0.4 is 0 Å². The zero-order valence-corrected chi connectivity index (χ0v) is 9.05. The highest BCUT2D eigenvalue weighted by atomic mass is 79.9. The van der Waals surface area contributed by atoms with E-state index in [1.54, 1.807) is 11.3 Å². The number of thiophene rings is 1. The van der Waals surface area contributed by atoms with E-state index in [9.17, 15) is 0 Å². The zero-order valence-electron chi connectivity index (χ0n) is 6.65. The Morgan fingerprint density at radius 2 is 2.00 bits per heavy atom. The van der Waals surface area contributed by atoms with E-state index < -0.39 is 0 Å². The molecular weight excluding hydrogens is 224 g/mol. The average molecular weight is 235 g/mol. The van der Waals surface area contributed by atoms with E-state index in [0.29, 0.717) is 0 Å². The minimum atomic E-state index is 0.232. The minimum Gasteiger partial charge on any atom is -0.396 e. The van der Waals surface area contributed by atoms with Crippen LogP contribution in [0.25, 0.3) is 0 Å². The molecule has 0 fully saturated rings. The van der Waals surface area contributed by atoms with Gasteiger partial charge in [-0.2, -0.15) is 0 Å². The van der Waals surface area contributed by atoms with E-state index in [1.165, 1.54) is 19.8 Å². The molecule has 1 nitrogen and oxygen atoms in total. The molecule has 1 aromatic rings. The maximum absolute atomic E-state index is 8.76. The average Bonchev–Trinajstić information content (AvgIpc) is 2.17. The van der Waals surface area contributed by atoms with Crippen molar-refractivity contribution in [1.29, 1.82) is 0 Å². The number of hydrogen-bond acceptors (Lipinski definition) is 2. The highest BCUT2D eigenvalue weighted by molar-refractivity contribution is 9.10. The second-order valence-electron chi connectivity index (χ2n) is 2.48. The Kier molecular flexibility index (Phi) is 3.10. The van der Waals surface area contributed by atoms with Gasteiger partial charge >= 0.3 is 0 Å². The van der Waals surface area contributed by atoms with E-state index in [0.717, 1.165) is 6.42 Å². The van der Waals surface area contributed by atoms with Crippen LogP contribution in [0.15, 0.2) is 4.47 Å². The van der Waals surface area contributed by atoms with Crippen LogP contribution >= 0.6 is 27.3 Å². The van der Waals surface area contributed by atoms with Gasteiger partial charge in [0.1, 0.15) is 0 Å². The number of rotatable bonds is 2. The molecule has 0 amide bonds. The van der Waals surface area contributed by atoms with Gasteiger partial charge < -0.3 is 5.11 Å². The number of aliphatic hydroxyl groups is 1. The minimum absolute atomic E-state index is 0.232. The van der Waals surface area contributed by atoms with E-state index in [4.69, 9.17) is 5.11 Å². The number of halogens is 1. The topological polar surface area (TPSA) is 20.2 Å². The first kappa shape index (κ1) is 9.23. The van der Waals surface area contributed by atoms with Gasteiger partial charge in [-0.1, -0.05) is 0 Å². The summed E-state index contributed by atoms with van der Waals surface area (Å²) < 4.78 is 1.18. The first-order valence-corrected chi connectivity index (χ1v) is 5.13. The molecule has 1 heterocycles. The Balaban J connectivity index is 3.02. The van der Waals surface area contributed by atoms with Crippen molar-refractivity contribution in [2.24, 2.45) is 0 Å². The molecule has 0 aliphatic carbocycles. The van der Waals surface area contributed by atoms with Crippen LogP contribution in [0.3, 0.4) is 0 Å². The molecule has 0 unspecified atom stereocenters. The molecule has 0 saturated carbocycles. The van der Waals surface area contributed by atoms with E-state index in [-0.39, 0.29) is 6.61 Å². The van der Waals surface area contributed by atoms with Crippen molar-refractivity contribution < 1.29 is 5.11 Å². The van der Waals surface area contributed by atoms with Crippen LogP contribution in [0.2, 0.25) is 0 Å². The molecular formula is C8H11BrOS. The fourth-order valence-corrected chi connectivity index (χ4v) is 2.97. The summed E-state index contributed by atoms with van der Waals surface area (Å²) in [6.07, 6.45) is 0.761. The van der Waals surface area contributed by atoms with Gasteiger partial charge in [-0.15, -0.1) is 11.3 Å². The van der Waals surface area contributed by atoms with Gasteiger partial charge in [-0.25, -0.2) is 0 Å². The largest absolute Gasteiger partial charge is 0.396 e. The third kappa shape index (κ3) is 1.83. The molecule has 0 aliphatic heterocycles. The summed E-state index contributed by atoms with van der Waals surface area (Å²) in [5.74, 6) is 0. The van der Waals surface area contributed by atoms with Crippen LogP contribution in [0.1, 0.15) is 15.3 Å². The predicted octanol–water partition coefficient (Wildman–Crippen LogP) is 2.66. The lowest BCUT2D eigenvalue weighted by Gasteiger charge is -1.96. The van der Waals surface area contributed by atoms with Crippen LogP contribution in [0.4, 0.5) is 0 Å². The summed E-state index contributed by atoms with van der Waals surface area (Å²) in [4.78, 5) is 2.61. The van der Waals surface area contributed by atoms with Crippen molar-refractivity contribution in [3.05, 3.63) is 19.8 Å². The molecule has 0 bridgehead atoms. The second-order valence-corrected chi connectivity index (χ2v) is 4.70. The van der Waals surface area contributed by atoms with Gasteiger partial charge in [0.05, 0.1) is 0 Å². The van der Waals surface area contributed by atoms with E-state index in [2.05, 4.69) is 29.8 Å². The van der Waals surface area contributed by atoms with Crippen molar-refractivity contribution in [2.45, 2.75) is 20.3 Å². The monoisotopic (exact) mass is 234 g/mol. The lowest BCUT2D eigenvalue weighted by atomic mass is 10.2. The standard InChI is InChI=1S/C8H11BrOS/c1-5-7(3-4-10)8(9)6(2)11-5/h10H,3-4H2,1-2H3. The fourth-order valence-electron chi connectivity index (χ4n) is 1.10. The molecule has 0 atom stereocenters. The number of hydrogen-bond donors (Lipinski definition) is 1. The summed E-state index contributed by atoms with van der Waals surface area (Å²) in [7, 11) is 0. The third-order valence-electron chi connectivity index (χ3n) is 1.67. The highest BCUT2D eigenvalue weighted by Crippen LogP contribution is 2.32. The van der Waals surface area contributed by atoms with Gasteiger partial charge in [0.2, 0.25) is 0 Å². The van der Waals surface area contributed by atoms with Crippen molar-refractivity contribution >= 4 is 27.3 Å². The molecule has 1 N–H and O–H groups in total. The Labute approximate surface area is 79.2 Å². The molecule has 0 radical (unpaired) electrons. The molecule has 11 heavy (non-hydrogen) atoms. The first-order valence-electron chi connectivity index (χ1n) is 3.52. The summed E-state index contributed by atoms with van der Waals surface area (Å²) in [5.41, 5.74) is 1.26. The van der Waals surface area contributed by atoms with Crippen LogP contribution in [0, 0.1) is 13.8 Å². The summed E-state index contributed by atoms with van der Waals surface area (Å²) in [5, 5.41) is 8.76. The van der Waals surface area contributed by atoms with Crippen molar-refractivity contribution in [3.63, 3.8) is 0 Å². The summed E-state index contributed by atoms with van der Waals surface area (Å²) in [6, 6.07) is 0. The lowest BCUT2D eigenvalue weighted by Crippen LogP contribution is -1.90. The summed E-state index contributed by atoms with van der Waals surface area (Å²) >= 11 is 5.28. The highest BCUT2D eigenvalue weighted by Gasteiger charge is 2.08. The quantitative estimate of drug-likeness (QED) is 0.835. The smallest absolute Gasteiger partial charge is 0.0472 e. The van der Waals surface area contributed by atoms with Crippen molar-refractivity contribution in [3.8, 4) is 0 Å². The van der Waals surface area contributed by atoms with Crippen molar-refractivity contribution in [1.82, 2.24) is 0 Å². The zero-order chi connectivity index (χ0) is 8.43. The Morgan fingerprint density at radius 1 is 1.36 bits per heavy atom. The van der Waals surface area contributed by atoms with Crippen LogP contribution in [-0.4, -0.2) is 11.7 Å². The SMILES string of the molecule is Cc1sc(C)c(CCO)c1Br. The lowest BCUT2D eigenvalue weighted by molar-refractivity contribution is 0.299. The molecule has 0 aromatic carbocycles. The van der Waals surface area contributed by atoms with E-state index in [1.807, 2.05) is 0 Å². The molecule has 62 valence electrons. The molecule has 1 rings (SSSR count). The van der Waals surface area contributed by atoms with Crippen LogP contribution in [-0.2, 0) is 6.42 Å². The van der Waals surface area contributed by atoms with Gasteiger partial charge in [0.15, 0.2) is 0 Å². The Hall–Kier alpha value is 0.140. The molecule has 0 aliphatic rings. The third-order valence-corrected chi connectivity index (χ3v) is 4.07. The fraction of sp³-hybridized carbons (Fsp3) is 0.500. The maximum atomic E-state index is 8.76. The molecule has 0 saturated heterocycles. The summed E-state index contributed by atoms with van der Waals surface area (Å²) in [6.45, 7) is 4.41. The van der Waals surface area contributed by atoms with Gasteiger partial charge in [-0.05, 0) is 41.8 Å². The number of aliphatic hydroxyl groups excluding tert-OH is 1.